The number of carbonyl (C=O) groups is 1. The Kier molecular flexibility index (Phi) is 10.6. The van der Waals surface area contributed by atoms with Crippen LogP contribution in [0.1, 0.15) is 10.4 Å². The predicted octanol–water partition coefficient (Wildman–Crippen LogP) is 13.5. The third-order valence-corrected chi connectivity index (χ3v) is 9.66. The number of carboxylic acid groups (broad SMARTS) is 1. The quantitative estimate of drug-likeness (QED) is 0.116. The van der Waals surface area contributed by atoms with Crippen LogP contribution in [0.5, 0.6) is 57.5 Å². The van der Waals surface area contributed by atoms with Crippen molar-refractivity contribution in [3.8, 4) is 57.5 Å². The van der Waals surface area contributed by atoms with Crippen LogP contribution >= 0.6 is 22.9 Å². The van der Waals surface area contributed by atoms with E-state index in [2.05, 4.69) is 4.98 Å². The first kappa shape index (κ1) is 35.9. The first-order chi connectivity index (χ1) is 27.4. The summed E-state index contributed by atoms with van der Waals surface area (Å²) in [4.78, 5) is 17.2. The fourth-order valence-corrected chi connectivity index (χ4v) is 6.88. The molecule has 10 heteroatoms. The molecule has 0 radical (unpaired) electrons. The summed E-state index contributed by atoms with van der Waals surface area (Å²) in [6.45, 7) is 0. The zero-order valence-corrected chi connectivity index (χ0v) is 30.9. The molecule has 56 heavy (non-hydrogen) atoms. The maximum atomic E-state index is 12.6. The number of rotatable bonds is 13. The second-order valence-corrected chi connectivity index (χ2v) is 13.7. The summed E-state index contributed by atoms with van der Waals surface area (Å²) in [5, 5.41) is 11.5. The smallest absolute Gasteiger partial charge is 0.336 e. The van der Waals surface area contributed by atoms with Crippen LogP contribution in [0.15, 0.2) is 170 Å². The number of aromatic nitrogens is 1. The van der Waals surface area contributed by atoms with Gasteiger partial charge in [-0.1, -0.05) is 48.0 Å². The van der Waals surface area contributed by atoms with Crippen LogP contribution in [0, 0.1) is 0 Å². The van der Waals surface area contributed by atoms with E-state index >= 15 is 0 Å². The molecule has 0 amide bonds. The normalized spacial score (nSPS) is 11.2. The van der Waals surface area contributed by atoms with Crippen LogP contribution in [0.3, 0.4) is 0 Å². The maximum Gasteiger partial charge on any atom is 0.336 e. The summed E-state index contributed by atoms with van der Waals surface area (Å²) in [5.74, 6) is 4.46. The molecule has 8 aromatic rings. The lowest BCUT2D eigenvalue weighted by molar-refractivity contribution is -0.130. The fraction of sp³-hybridized carbons (Fsp3) is 0. The first-order valence-electron chi connectivity index (χ1n) is 17.3. The number of nitrogens with zero attached hydrogens (tertiary/aromatic N) is 1. The number of fused-ring (bicyclic) bond motifs is 1. The average molecular weight is 776 g/mol. The molecule has 0 saturated carbocycles. The Bertz CT molecular complexity index is 2620. The minimum Gasteiger partial charge on any atom is -0.478 e. The SMILES string of the molecule is O=C(O)C(=Cc1sc2cc(Oc3ccc(Oc4ccccc4)cc3)c(Oc3ccc(Oc4ccccc4)cc3)cc2c1Oc1ccc(Cl)cc1)c1ccncc1. The largest absolute Gasteiger partial charge is 0.478 e. The predicted molar refractivity (Wildman–Crippen MR) is 219 cm³/mol. The van der Waals surface area contributed by atoms with Gasteiger partial charge in [-0.2, -0.15) is 0 Å². The van der Waals surface area contributed by atoms with Crippen molar-refractivity contribution in [3.63, 3.8) is 0 Å². The number of ether oxygens (including phenoxy) is 5. The van der Waals surface area contributed by atoms with Crippen molar-refractivity contribution in [2.75, 3.05) is 0 Å². The molecular weight excluding hydrogens is 746 g/mol. The van der Waals surface area contributed by atoms with Crippen molar-refractivity contribution in [3.05, 3.63) is 186 Å². The van der Waals surface area contributed by atoms with Gasteiger partial charge in [0.2, 0.25) is 0 Å². The van der Waals surface area contributed by atoms with Crippen LogP contribution in [-0.4, -0.2) is 16.1 Å². The molecule has 8 rings (SSSR count). The molecule has 2 heterocycles. The summed E-state index contributed by atoms with van der Waals surface area (Å²) in [5.41, 5.74) is 0.568. The van der Waals surface area contributed by atoms with Crippen LogP contribution in [-0.2, 0) is 4.79 Å². The van der Waals surface area contributed by atoms with Crippen molar-refractivity contribution < 1.29 is 33.6 Å². The third kappa shape index (κ3) is 8.66. The standard InChI is InChI=1S/C46H30ClNO7S/c47-31-11-13-38(14-12-31)55-45-40-27-41(53-36-19-15-34(16-20-36)51-32-7-3-1-4-8-32)42(54-37-21-17-35(18-22-37)52-33-9-5-2-6-10-33)29-43(40)56-44(45)28-39(46(49)50)30-23-25-48-26-24-30/h1-29H,(H,49,50). The monoisotopic (exact) mass is 775 g/mol. The zero-order valence-electron chi connectivity index (χ0n) is 29.4. The Balaban J connectivity index is 1.20. The summed E-state index contributed by atoms with van der Waals surface area (Å²) < 4.78 is 32.3. The van der Waals surface area contributed by atoms with E-state index in [1.807, 2.05) is 121 Å². The van der Waals surface area contributed by atoms with Gasteiger partial charge in [-0.05, 0) is 127 Å². The van der Waals surface area contributed by atoms with Gasteiger partial charge in [0, 0.05) is 33.6 Å². The highest BCUT2D eigenvalue weighted by atomic mass is 35.5. The van der Waals surface area contributed by atoms with Crippen molar-refractivity contribution in [2.24, 2.45) is 0 Å². The van der Waals surface area contributed by atoms with Crippen LogP contribution in [0.25, 0.3) is 21.7 Å². The maximum absolute atomic E-state index is 12.6. The van der Waals surface area contributed by atoms with E-state index in [1.54, 1.807) is 54.9 Å². The van der Waals surface area contributed by atoms with Crippen LogP contribution < -0.4 is 23.7 Å². The van der Waals surface area contributed by atoms with E-state index in [9.17, 15) is 9.90 Å². The molecular formula is C46H30ClNO7S. The van der Waals surface area contributed by atoms with Gasteiger partial charge in [-0.3, -0.25) is 4.98 Å². The summed E-state index contributed by atoms with van der Waals surface area (Å²) in [6.07, 6.45) is 4.71. The van der Waals surface area contributed by atoms with E-state index in [0.717, 1.165) is 10.4 Å². The minimum atomic E-state index is -1.10. The van der Waals surface area contributed by atoms with E-state index in [-0.39, 0.29) is 5.57 Å². The van der Waals surface area contributed by atoms with E-state index in [4.69, 9.17) is 35.3 Å². The molecule has 0 saturated heterocycles. The lowest BCUT2D eigenvalue weighted by atomic mass is 10.1. The highest BCUT2D eigenvalue weighted by molar-refractivity contribution is 7.20. The molecule has 0 unspecified atom stereocenters. The highest BCUT2D eigenvalue weighted by Gasteiger charge is 2.21. The number of hydrogen-bond donors (Lipinski definition) is 1. The van der Waals surface area contributed by atoms with Gasteiger partial charge in [0.25, 0.3) is 0 Å². The second-order valence-electron chi connectivity index (χ2n) is 12.2. The van der Waals surface area contributed by atoms with Crippen LogP contribution in [0.2, 0.25) is 5.02 Å². The van der Waals surface area contributed by atoms with Gasteiger partial charge < -0.3 is 28.8 Å². The summed E-state index contributed by atoms with van der Waals surface area (Å²) in [6, 6.07) is 47.5. The van der Waals surface area contributed by atoms with Gasteiger partial charge in [-0.25, -0.2) is 4.79 Å². The molecule has 0 aliphatic carbocycles. The van der Waals surface area contributed by atoms with Crippen LogP contribution in [0.4, 0.5) is 0 Å². The Labute approximate surface area is 331 Å². The van der Waals surface area contributed by atoms with Gasteiger partial charge in [0.05, 0.1) is 10.5 Å². The summed E-state index contributed by atoms with van der Waals surface area (Å²) in [7, 11) is 0. The Morgan fingerprint density at radius 1 is 0.554 bits per heavy atom. The van der Waals surface area contributed by atoms with E-state index < -0.39 is 5.97 Å². The second kappa shape index (κ2) is 16.5. The number of thiophene rings is 1. The van der Waals surface area contributed by atoms with E-state index in [0.29, 0.717) is 72.6 Å². The number of hydrogen-bond acceptors (Lipinski definition) is 8. The number of benzene rings is 6. The first-order valence-corrected chi connectivity index (χ1v) is 18.5. The molecule has 0 aliphatic heterocycles. The number of aliphatic carboxylic acids is 1. The Morgan fingerprint density at radius 2 is 1.00 bits per heavy atom. The van der Waals surface area contributed by atoms with Crippen molar-refractivity contribution in [2.45, 2.75) is 0 Å². The minimum absolute atomic E-state index is 0.0727. The summed E-state index contributed by atoms with van der Waals surface area (Å²) >= 11 is 7.54. The molecule has 0 atom stereocenters. The zero-order chi connectivity index (χ0) is 38.3. The third-order valence-electron chi connectivity index (χ3n) is 8.33. The molecule has 274 valence electrons. The number of halogens is 1. The molecule has 1 N–H and O–H groups in total. The van der Waals surface area contributed by atoms with Gasteiger partial charge in [-0.15, -0.1) is 11.3 Å². The molecule has 0 spiro atoms. The molecule has 8 nitrogen and oxygen atoms in total. The fourth-order valence-electron chi connectivity index (χ4n) is 5.67. The molecule has 6 aromatic carbocycles. The van der Waals surface area contributed by atoms with Crippen molar-refractivity contribution in [1.29, 1.82) is 0 Å². The molecule has 0 fully saturated rings. The molecule has 2 aromatic heterocycles. The Hall–Kier alpha value is -7.07. The lowest BCUT2D eigenvalue weighted by Crippen LogP contribution is -1.99. The number of pyridine rings is 1. The average Bonchev–Trinajstić information content (AvgIpc) is 3.55. The Morgan fingerprint density at radius 3 is 1.52 bits per heavy atom. The number of para-hydroxylation sites is 2. The van der Waals surface area contributed by atoms with Gasteiger partial charge in [0.1, 0.15) is 40.2 Å². The van der Waals surface area contributed by atoms with Crippen molar-refractivity contribution in [1.82, 2.24) is 4.98 Å². The van der Waals surface area contributed by atoms with Gasteiger partial charge >= 0.3 is 5.97 Å². The molecule has 0 aliphatic rings. The molecule has 0 bridgehead atoms. The topological polar surface area (TPSA) is 96.3 Å². The number of carboxylic acids is 1. The van der Waals surface area contributed by atoms with E-state index in [1.165, 1.54) is 11.3 Å². The van der Waals surface area contributed by atoms with Gasteiger partial charge in [0.15, 0.2) is 17.2 Å². The highest BCUT2D eigenvalue weighted by Crippen LogP contribution is 2.48. The lowest BCUT2D eigenvalue weighted by Gasteiger charge is -2.14. The van der Waals surface area contributed by atoms with Crippen molar-refractivity contribution >= 4 is 50.6 Å².